The van der Waals surface area contributed by atoms with Crippen molar-refractivity contribution in [2.45, 2.75) is 25.1 Å². The number of likely N-dealkylation sites (tertiary alicyclic amines) is 1. The predicted octanol–water partition coefficient (Wildman–Crippen LogP) is 2.23. The van der Waals surface area contributed by atoms with Crippen LogP contribution in [0.2, 0.25) is 0 Å². The van der Waals surface area contributed by atoms with E-state index in [0.717, 1.165) is 11.1 Å². The summed E-state index contributed by atoms with van der Waals surface area (Å²) in [5.74, 6) is -0.722. The molecule has 3 rings (SSSR count). The van der Waals surface area contributed by atoms with E-state index in [0.29, 0.717) is 25.1 Å². The van der Waals surface area contributed by atoms with Crippen molar-refractivity contribution in [2.24, 2.45) is 5.73 Å². The van der Waals surface area contributed by atoms with Gasteiger partial charge in [-0.2, -0.15) is 0 Å². The average Bonchev–Trinajstić information content (AvgIpc) is 2.88. The minimum atomic E-state index is -0.453. The standard InChI is InChI=1S/C18H19FN2O2/c19-15-3-1-2-14(8-15)17-9-16(22)11-21(17)10-12-4-6-13(7-5-12)18(20)23/h1-8,16-17,22H,9-11H2,(H2,20,23). The molecule has 4 nitrogen and oxygen atoms in total. The van der Waals surface area contributed by atoms with Crippen LogP contribution in [0.25, 0.3) is 0 Å². The summed E-state index contributed by atoms with van der Waals surface area (Å²) in [6.45, 7) is 1.16. The van der Waals surface area contributed by atoms with Crippen LogP contribution in [0.15, 0.2) is 48.5 Å². The van der Waals surface area contributed by atoms with Crippen molar-refractivity contribution in [1.29, 1.82) is 0 Å². The second-order valence-electron chi connectivity index (χ2n) is 5.95. The Labute approximate surface area is 134 Å². The lowest BCUT2D eigenvalue weighted by Crippen LogP contribution is -2.24. The molecule has 1 amide bonds. The first-order valence-corrected chi connectivity index (χ1v) is 7.59. The Morgan fingerprint density at radius 3 is 2.65 bits per heavy atom. The summed E-state index contributed by atoms with van der Waals surface area (Å²) in [6.07, 6.45) is 0.163. The number of carbonyl (C=O) groups is 1. The zero-order valence-corrected chi connectivity index (χ0v) is 12.7. The Hall–Kier alpha value is -2.24. The number of benzene rings is 2. The molecule has 1 aliphatic heterocycles. The number of hydrogen-bond donors (Lipinski definition) is 2. The number of halogens is 1. The van der Waals surface area contributed by atoms with Gasteiger partial charge in [-0.15, -0.1) is 0 Å². The molecule has 2 atom stereocenters. The second kappa shape index (κ2) is 6.48. The summed E-state index contributed by atoms with van der Waals surface area (Å²) >= 11 is 0. The van der Waals surface area contributed by atoms with Gasteiger partial charge in [-0.25, -0.2) is 4.39 Å². The number of amides is 1. The molecule has 1 aliphatic rings. The molecule has 0 radical (unpaired) electrons. The Bertz CT molecular complexity index is 702. The number of rotatable bonds is 4. The number of carbonyl (C=O) groups excluding carboxylic acids is 1. The predicted molar refractivity (Wildman–Crippen MR) is 85.1 cm³/mol. The van der Waals surface area contributed by atoms with Gasteiger partial charge in [-0.05, 0) is 41.8 Å². The number of hydrogen-bond acceptors (Lipinski definition) is 3. The van der Waals surface area contributed by atoms with E-state index in [9.17, 15) is 14.3 Å². The van der Waals surface area contributed by atoms with Crippen LogP contribution in [0.5, 0.6) is 0 Å². The van der Waals surface area contributed by atoms with E-state index in [4.69, 9.17) is 5.73 Å². The maximum Gasteiger partial charge on any atom is 0.248 e. The van der Waals surface area contributed by atoms with Crippen LogP contribution >= 0.6 is 0 Å². The molecule has 1 fully saturated rings. The van der Waals surface area contributed by atoms with Crippen LogP contribution in [0, 0.1) is 5.82 Å². The van der Waals surface area contributed by atoms with Gasteiger partial charge in [0.2, 0.25) is 5.91 Å². The normalized spacial score (nSPS) is 21.5. The van der Waals surface area contributed by atoms with Crippen molar-refractivity contribution < 1.29 is 14.3 Å². The molecule has 5 heteroatoms. The SMILES string of the molecule is NC(=O)c1ccc(CN2CC(O)CC2c2cccc(F)c2)cc1. The topological polar surface area (TPSA) is 66.6 Å². The summed E-state index contributed by atoms with van der Waals surface area (Å²) in [5.41, 5.74) is 7.60. The Morgan fingerprint density at radius 2 is 2.00 bits per heavy atom. The summed E-state index contributed by atoms with van der Waals surface area (Å²) < 4.78 is 13.5. The monoisotopic (exact) mass is 314 g/mol. The fourth-order valence-corrected chi connectivity index (χ4v) is 3.12. The maximum atomic E-state index is 13.5. The van der Waals surface area contributed by atoms with E-state index < -0.39 is 12.0 Å². The van der Waals surface area contributed by atoms with E-state index in [2.05, 4.69) is 4.90 Å². The third-order valence-corrected chi connectivity index (χ3v) is 4.24. The summed E-state index contributed by atoms with van der Waals surface area (Å²) in [4.78, 5) is 13.2. The van der Waals surface area contributed by atoms with Gasteiger partial charge in [0, 0.05) is 24.7 Å². The maximum absolute atomic E-state index is 13.5. The quantitative estimate of drug-likeness (QED) is 0.909. The highest BCUT2D eigenvalue weighted by molar-refractivity contribution is 5.92. The highest BCUT2D eigenvalue weighted by Crippen LogP contribution is 2.33. The number of nitrogens with two attached hydrogens (primary N) is 1. The number of β-amino-alcohol motifs (C(OH)–C–C–N with tert-alkyl or cyclic N) is 1. The lowest BCUT2D eigenvalue weighted by molar-refractivity contribution is 0.1000. The van der Waals surface area contributed by atoms with Crippen molar-refractivity contribution in [3.8, 4) is 0 Å². The average molecular weight is 314 g/mol. The van der Waals surface area contributed by atoms with Gasteiger partial charge in [-0.1, -0.05) is 24.3 Å². The van der Waals surface area contributed by atoms with E-state index in [-0.39, 0.29) is 11.9 Å². The molecule has 0 spiro atoms. The highest BCUT2D eigenvalue weighted by Gasteiger charge is 2.32. The van der Waals surface area contributed by atoms with Gasteiger partial charge in [0.05, 0.1) is 6.10 Å². The first-order valence-electron chi connectivity index (χ1n) is 7.59. The van der Waals surface area contributed by atoms with Gasteiger partial charge in [0.25, 0.3) is 0 Å². The first kappa shape index (κ1) is 15.6. The van der Waals surface area contributed by atoms with E-state index in [1.807, 2.05) is 18.2 Å². The second-order valence-corrected chi connectivity index (χ2v) is 5.95. The first-order chi connectivity index (χ1) is 11.0. The summed E-state index contributed by atoms with van der Waals surface area (Å²) in [5, 5.41) is 10.00. The minimum Gasteiger partial charge on any atom is -0.392 e. The molecular formula is C18H19FN2O2. The number of nitrogens with zero attached hydrogens (tertiary/aromatic N) is 1. The lowest BCUT2D eigenvalue weighted by Gasteiger charge is -2.24. The van der Waals surface area contributed by atoms with Crippen LogP contribution in [0.3, 0.4) is 0 Å². The molecule has 1 heterocycles. The molecule has 2 aromatic rings. The zero-order valence-electron chi connectivity index (χ0n) is 12.7. The number of aliphatic hydroxyl groups is 1. The van der Waals surface area contributed by atoms with Crippen molar-refractivity contribution in [3.05, 3.63) is 71.0 Å². The van der Waals surface area contributed by atoms with Crippen molar-refractivity contribution in [2.75, 3.05) is 6.54 Å². The third kappa shape index (κ3) is 3.57. The fourth-order valence-electron chi connectivity index (χ4n) is 3.12. The van der Waals surface area contributed by atoms with Crippen LogP contribution in [0.4, 0.5) is 4.39 Å². The van der Waals surface area contributed by atoms with E-state index in [1.165, 1.54) is 12.1 Å². The largest absolute Gasteiger partial charge is 0.392 e. The van der Waals surface area contributed by atoms with Crippen molar-refractivity contribution in [3.63, 3.8) is 0 Å². The number of aliphatic hydroxyl groups excluding tert-OH is 1. The number of primary amides is 1. The molecule has 0 aliphatic carbocycles. The van der Waals surface area contributed by atoms with Gasteiger partial charge >= 0.3 is 0 Å². The molecular weight excluding hydrogens is 295 g/mol. The molecule has 2 unspecified atom stereocenters. The Kier molecular flexibility index (Phi) is 4.41. The van der Waals surface area contributed by atoms with Crippen LogP contribution in [-0.2, 0) is 6.54 Å². The molecule has 0 saturated carbocycles. The smallest absolute Gasteiger partial charge is 0.248 e. The molecule has 1 saturated heterocycles. The Morgan fingerprint density at radius 1 is 1.26 bits per heavy atom. The molecule has 0 aromatic heterocycles. The lowest BCUT2D eigenvalue weighted by atomic mass is 10.0. The van der Waals surface area contributed by atoms with Gasteiger partial charge in [0.1, 0.15) is 5.82 Å². The van der Waals surface area contributed by atoms with Crippen molar-refractivity contribution >= 4 is 5.91 Å². The molecule has 3 N–H and O–H groups in total. The van der Waals surface area contributed by atoms with Crippen LogP contribution < -0.4 is 5.73 Å². The molecule has 120 valence electrons. The van der Waals surface area contributed by atoms with Crippen LogP contribution in [-0.4, -0.2) is 28.6 Å². The van der Waals surface area contributed by atoms with Gasteiger partial charge in [-0.3, -0.25) is 9.69 Å². The van der Waals surface area contributed by atoms with Crippen molar-refractivity contribution in [1.82, 2.24) is 4.90 Å². The Balaban J connectivity index is 1.78. The zero-order chi connectivity index (χ0) is 16.4. The fraction of sp³-hybridized carbons (Fsp3) is 0.278. The molecule has 0 bridgehead atoms. The summed E-state index contributed by atoms with van der Waals surface area (Å²) in [6, 6.07) is 13.6. The van der Waals surface area contributed by atoms with E-state index in [1.54, 1.807) is 18.2 Å². The van der Waals surface area contributed by atoms with Gasteiger partial charge < -0.3 is 10.8 Å². The van der Waals surface area contributed by atoms with Crippen LogP contribution in [0.1, 0.15) is 33.9 Å². The molecule has 2 aromatic carbocycles. The molecule has 23 heavy (non-hydrogen) atoms. The minimum absolute atomic E-state index is 0.0171. The van der Waals surface area contributed by atoms with E-state index >= 15 is 0 Å². The summed E-state index contributed by atoms with van der Waals surface area (Å²) in [7, 11) is 0. The third-order valence-electron chi connectivity index (χ3n) is 4.24. The highest BCUT2D eigenvalue weighted by atomic mass is 19.1. The van der Waals surface area contributed by atoms with Gasteiger partial charge in [0.15, 0.2) is 0 Å².